The Morgan fingerprint density at radius 2 is 2.00 bits per heavy atom. The van der Waals surface area contributed by atoms with Crippen molar-refractivity contribution in [3.63, 3.8) is 0 Å². The van der Waals surface area contributed by atoms with Gasteiger partial charge in [-0.25, -0.2) is 0 Å². The minimum atomic E-state index is 0.972. The highest BCUT2D eigenvalue weighted by molar-refractivity contribution is 4.75. The lowest BCUT2D eigenvalue weighted by atomic mass is 9.74. The molecule has 0 N–H and O–H groups in total. The molecule has 1 saturated carbocycles. The Kier molecular flexibility index (Phi) is 4.11. The van der Waals surface area contributed by atoms with E-state index in [4.69, 9.17) is 0 Å². The van der Waals surface area contributed by atoms with E-state index >= 15 is 0 Å². The highest BCUT2D eigenvalue weighted by Crippen LogP contribution is 2.36. The van der Waals surface area contributed by atoms with Crippen molar-refractivity contribution < 1.29 is 0 Å². The van der Waals surface area contributed by atoms with E-state index in [9.17, 15) is 0 Å². The largest absolute Gasteiger partial charge is 0.0651 e. The van der Waals surface area contributed by atoms with Crippen molar-refractivity contribution in [2.24, 2.45) is 17.8 Å². The van der Waals surface area contributed by atoms with Gasteiger partial charge in [0, 0.05) is 0 Å². The normalized spacial score (nSPS) is 33.2. The smallest absolute Gasteiger partial charge is 0.0386 e. The number of rotatable bonds is 3. The van der Waals surface area contributed by atoms with Gasteiger partial charge in [-0.1, -0.05) is 52.9 Å². The molecule has 0 amide bonds. The van der Waals surface area contributed by atoms with Gasteiger partial charge in [-0.2, -0.15) is 0 Å². The minimum Gasteiger partial charge on any atom is -0.0651 e. The first kappa shape index (κ1) is 10.1. The van der Waals surface area contributed by atoms with Crippen LogP contribution in [0.1, 0.15) is 59.3 Å². The van der Waals surface area contributed by atoms with Crippen molar-refractivity contribution in [1.29, 1.82) is 0 Å². The van der Waals surface area contributed by atoms with Gasteiger partial charge in [0.15, 0.2) is 0 Å². The second-order valence-electron chi connectivity index (χ2n) is 4.59. The van der Waals surface area contributed by atoms with Crippen LogP contribution >= 0.6 is 0 Å². The van der Waals surface area contributed by atoms with Crippen molar-refractivity contribution in [3.05, 3.63) is 0 Å². The zero-order valence-corrected chi connectivity index (χ0v) is 8.97. The lowest BCUT2D eigenvalue weighted by molar-refractivity contribution is 0.198. The van der Waals surface area contributed by atoms with E-state index in [1.165, 1.54) is 38.5 Å². The molecule has 1 rings (SSSR count). The Balaban J connectivity index is 2.34. The molecule has 0 nitrogen and oxygen atoms in total. The molecule has 0 aromatic carbocycles. The first-order chi connectivity index (χ1) is 5.77. The third-order valence-corrected chi connectivity index (χ3v) is 3.85. The maximum absolute atomic E-state index is 2.43. The lowest BCUT2D eigenvalue weighted by Crippen LogP contribution is -2.20. The van der Waals surface area contributed by atoms with Crippen molar-refractivity contribution in [1.82, 2.24) is 0 Å². The average molecular weight is 168 g/mol. The second kappa shape index (κ2) is 4.89. The van der Waals surface area contributed by atoms with Crippen LogP contribution in [-0.2, 0) is 0 Å². The maximum Gasteiger partial charge on any atom is -0.0386 e. The molecule has 1 aliphatic carbocycles. The SMILES string of the molecule is CC[C@H]1CCC[C@@H]([C@H](C)CC)C1. The van der Waals surface area contributed by atoms with Crippen molar-refractivity contribution >= 4 is 0 Å². The fourth-order valence-corrected chi connectivity index (χ4v) is 2.55. The van der Waals surface area contributed by atoms with Crippen LogP contribution in [0.2, 0.25) is 0 Å². The summed E-state index contributed by atoms with van der Waals surface area (Å²) < 4.78 is 0. The predicted molar refractivity (Wildman–Crippen MR) is 55.2 cm³/mol. The Bertz CT molecular complexity index is 115. The first-order valence-electron chi connectivity index (χ1n) is 5.77. The summed E-state index contributed by atoms with van der Waals surface area (Å²) in [7, 11) is 0. The molecule has 0 aromatic heterocycles. The Morgan fingerprint density at radius 1 is 1.25 bits per heavy atom. The molecular formula is C12H24. The number of hydrogen-bond donors (Lipinski definition) is 0. The summed E-state index contributed by atoms with van der Waals surface area (Å²) in [5.74, 6) is 3.07. The molecule has 0 bridgehead atoms. The summed E-state index contributed by atoms with van der Waals surface area (Å²) in [6.07, 6.45) is 8.81. The summed E-state index contributed by atoms with van der Waals surface area (Å²) in [4.78, 5) is 0. The van der Waals surface area contributed by atoms with Crippen molar-refractivity contribution in [2.45, 2.75) is 59.3 Å². The summed E-state index contributed by atoms with van der Waals surface area (Å²) in [5, 5.41) is 0. The molecule has 0 aromatic rings. The van der Waals surface area contributed by atoms with Crippen LogP contribution in [0.3, 0.4) is 0 Å². The zero-order valence-electron chi connectivity index (χ0n) is 8.97. The van der Waals surface area contributed by atoms with Crippen LogP contribution in [0, 0.1) is 17.8 Å². The van der Waals surface area contributed by atoms with Gasteiger partial charge in [0.2, 0.25) is 0 Å². The van der Waals surface area contributed by atoms with Crippen LogP contribution in [0.15, 0.2) is 0 Å². The van der Waals surface area contributed by atoms with E-state index in [2.05, 4.69) is 20.8 Å². The average Bonchev–Trinajstić information content (AvgIpc) is 2.17. The molecule has 0 heteroatoms. The highest BCUT2D eigenvalue weighted by atomic mass is 14.3. The van der Waals surface area contributed by atoms with Crippen molar-refractivity contribution in [2.75, 3.05) is 0 Å². The van der Waals surface area contributed by atoms with Crippen LogP contribution in [0.5, 0.6) is 0 Å². The zero-order chi connectivity index (χ0) is 8.97. The molecule has 0 radical (unpaired) electrons. The van der Waals surface area contributed by atoms with Gasteiger partial charge in [-0.05, 0) is 24.2 Å². The quantitative estimate of drug-likeness (QED) is 0.591. The fourth-order valence-electron chi connectivity index (χ4n) is 2.55. The topological polar surface area (TPSA) is 0 Å². The molecule has 12 heavy (non-hydrogen) atoms. The Morgan fingerprint density at radius 3 is 2.58 bits per heavy atom. The molecule has 0 heterocycles. The summed E-state index contributed by atoms with van der Waals surface area (Å²) >= 11 is 0. The van der Waals surface area contributed by atoms with Gasteiger partial charge in [0.05, 0.1) is 0 Å². The molecule has 72 valence electrons. The highest BCUT2D eigenvalue weighted by Gasteiger charge is 2.23. The molecule has 3 atom stereocenters. The van der Waals surface area contributed by atoms with Gasteiger partial charge < -0.3 is 0 Å². The van der Waals surface area contributed by atoms with Gasteiger partial charge in [0.1, 0.15) is 0 Å². The third kappa shape index (κ3) is 2.50. The standard InChI is InChI=1S/C12H24/c1-4-10(3)12-8-6-7-11(5-2)9-12/h10-12H,4-9H2,1-3H3/t10-,11+,12-/m1/s1. The Hall–Kier alpha value is 0. The molecule has 0 unspecified atom stereocenters. The molecule has 1 aliphatic rings. The molecule has 0 spiro atoms. The van der Waals surface area contributed by atoms with Crippen LogP contribution < -0.4 is 0 Å². The second-order valence-corrected chi connectivity index (χ2v) is 4.59. The Labute approximate surface area is 77.7 Å². The fraction of sp³-hybridized carbons (Fsp3) is 1.00. The van der Waals surface area contributed by atoms with Gasteiger partial charge in [-0.15, -0.1) is 0 Å². The van der Waals surface area contributed by atoms with E-state index in [0.717, 1.165) is 17.8 Å². The van der Waals surface area contributed by atoms with E-state index in [-0.39, 0.29) is 0 Å². The predicted octanol–water partition coefficient (Wildman–Crippen LogP) is 4.25. The van der Waals surface area contributed by atoms with Crippen LogP contribution in [-0.4, -0.2) is 0 Å². The summed E-state index contributed by atoms with van der Waals surface area (Å²) in [6, 6.07) is 0. The monoisotopic (exact) mass is 168 g/mol. The van der Waals surface area contributed by atoms with Crippen molar-refractivity contribution in [3.8, 4) is 0 Å². The molecule has 1 fully saturated rings. The molecular weight excluding hydrogens is 144 g/mol. The number of hydrogen-bond acceptors (Lipinski definition) is 0. The van der Waals surface area contributed by atoms with E-state index in [1.807, 2.05) is 0 Å². The van der Waals surface area contributed by atoms with Gasteiger partial charge in [0.25, 0.3) is 0 Å². The van der Waals surface area contributed by atoms with E-state index in [1.54, 1.807) is 0 Å². The summed E-state index contributed by atoms with van der Waals surface area (Å²) in [6.45, 7) is 7.12. The van der Waals surface area contributed by atoms with Gasteiger partial charge >= 0.3 is 0 Å². The molecule has 0 aliphatic heterocycles. The van der Waals surface area contributed by atoms with E-state index in [0.29, 0.717) is 0 Å². The van der Waals surface area contributed by atoms with Crippen LogP contribution in [0.25, 0.3) is 0 Å². The first-order valence-corrected chi connectivity index (χ1v) is 5.77. The minimum absolute atomic E-state index is 0.972. The van der Waals surface area contributed by atoms with Crippen LogP contribution in [0.4, 0.5) is 0 Å². The molecule has 0 saturated heterocycles. The summed E-state index contributed by atoms with van der Waals surface area (Å²) in [5.41, 5.74) is 0. The van der Waals surface area contributed by atoms with Gasteiger partial charge in [-0.3, -0.25) is 0 Å². The third-order valence-electron chi connectivity index (χ3n) is 3.85. The maximum atomic E-state index is 2.43. The van der Waals surface area contributed by atoms with E-state index < -0.39 is 0 Å². The lowest BCUT2D eigenvalue weighted by Gasteiger charge is -2.32.